The highest BCUT2D eigenvalue weighted by atomic mass is 16.5. The van der Waals surface area contributed by atoms with Crippen molar-refractivity contribution in [1.29, 1.82) is 0 Å². The molecule has 4 rings (SSSR count). The summed E-state index contributed by atoms with van der Waals surface area (Å²) in [4.78, 5) is 32.4. The van der Waals surface area contributed by atoms with Gasteiger partial charge in [0.25, 0.3) is 5.56 Å². The van der Waals surface area contributed by atoms with Crippen molar-refractivity contribution < 1.29 is 9.53 Å². The molecule has 1 aromatic heterocycles. The zero-order valence-corrected chi connectivity index (χ0v) is 19.5. The number of hydrogen-bond acceptors (Lipinski definition) is 5. The number of rotatable bonds is 7. The van der Waals surface area contributed by atoms with Gasteiger partial charge in [0.2, 0.25) is 0 Å². The normalized spacial score (nSPS) is 11.6. The van der Waals surface area contributed by atoms with Gasteiger partial charge in [0.15, 0.2) is 0 Å². The number of fused-ring (bicyclic) bond motifs is 3. The van der Waals surface area contributed by atoms with Crippen LogP contribution in [0.5, 0.6) is 0 Å². The van der Waals surface area contributed by atoms with Crippen molar-refractivity contribution in [2.24, 2.45) is 0 Å². The number of H-pyrrole nitrogens is 1. The monoisotopic (exact) mass is 443 g/mol. The zero-order chi connectivity index (χ0) is 23.5. The van der Waals surface area contributed by atoms with Crippen LogP contribution in [0, 0.1) is 0 Å². The minimum Gasteiger partial charge on any atom is -0.465 e. The van der Waals surface area contributed by atoms with Crippen LogP contribution in [0.1, 0.15) is 15.9 Å². The SMILES string of the molecule is COC(=O)c1cc2cc[nH]c(=O)c2c2cc(-c3cccc(CN(C)CCN(C)C)c3)ccc12. The lowest BCUT2D eigenvalue weighted by molar-refractivity contribution is 0.0603. The quantitative estimate of drug-likeness (QED) is 0.344. The number of benzene rings is 3. The van der Waals surface area contributed by atoms with Gasteiger partial charge in [0.05, 0.1) is 18.1 Å². The number of nitrogens with zero attached hydrogens (tertiary/aromatic N) is 2. The number of nitrogens with one attached hydrogen (secondary N) is 1. The van der Waals surface area contributed by atoms with Crippen molar-refractivity contribution in [1.82, 2.24) is 14.8 Å². The Kier molecular flexibility index (Phi) is 6.58. The van der Waals surface area contributed by atoms with Gasteiger partial charge < -0.3 is 19.5 Å². The van der Waals surface area contributed by atoms with E-state index >= 15 is 0 Å². The van der Waals surface area contributed by atoms with E-state index in [1.165, 1.54) is 12.7 Å². The van der Waals surface area contributed by atoms with Gasteiger partial charge in [0, 0.05) is 25.8 Å². The highest BCUT2D eigenvalue weighted by Crippen LogP contribution is 2.31. The molecule has 6 nitrogen and oxygen atoms in total. The van der Waals surface area contributed by atoms with E-state index in [2.05, 4.69) is 60.2 Å². The van der Waals surface area contributed by atoms with Gasteiger partial charge in [-0.25, -0.2) is 4.79 Å². The number of carbonyl (C=O) groups is 1. The van der Waals surface area contributed by atoms with Crippen LogP contribution >= 0.6 is 0 Å². The topological polar surface area (TPSA) is 65.6 Å². The molecule has 0 aliphatic heterocycles. The molecule has 0 aliphatic rings. The molecule has 4 aromatic rings. The smallest absolute Gasteiger partial charge is 0.338 e. The van der Waals surface area contributed by atoms with Crippen LogP contribution in [0.2, 0.25) is 0 Å². The molecule has 1 N–H and O–H groups in total. The maximum absolute atomic E-state index is 12.7. The first-order chi connectivity index (χ1) is 15.9. The summed E-state index contributed by atoms with van der Waals surface area (Å²) in [6.45, 7) is 2.84. The molecule has 0 unspecified atom stereocenters. The fourth-order valence-electron chi connectivity index (χ4n) is 4.18. The van der Waals surface area contributed by atoms with Crippen LogP contribution in [0.4, 0.5) is 0 Å². The van der Waals surface area contributed by atoms with E-state index in [0.717, 1.165) is 36.1 Å². The lowest BCUT2D eigenvalue weighted by atomic mass is 9.94. The summed E-state index contributed by atoms with van der Waals surface area (Å²) in [6.07, 6.45) is 1.59. The van der Waals surface area contributed by atoms with Gasteiger partial charge in [-0.2, -0.15) is 0 Å². The number of hydrogen-bond donors (Lipinski definition) is 1. The van der Waals surface area contributed by atoms with Crippen molar-refractivity contribution in [3.05, 3.63) is 82.3 Å². The Bertz CT molecular complexity index is 1370. The second kappa shape index (κ2) is 9.57. The van der Waals surface area contributed by atoms with Crippen molar-refractivity contribution in [3.63, 3.8) is 0 Å². The van der Waals surface area contributed by atoms with Crippen LogP contribution in [-0.4, -0.2) is 62.1 Å². The van der Waals surface area contributed by atoms with Crippen LogP contribution in [-0.2, 0) is 11.3 Å². The Labute approximate surface area is 193 Å². The lowest BCUT2D eigenvalue weighted by Gasteiger charge is -2.19. The van der Waals surface area contributed by atoms with Crippen LogP contribution in [0.15, 0.2) is 65.6 Å². The average molecular weight is 444 g/mol. The van der Waals surface area contributed by atoms with E-state index in [-0.39, 0.29) is 5.56 Å². The van der Waals surface area contributed by atoms with Crippen LogP contribution < -0.4 is 5.56 Å². The van der Waals surface area contributed by atoms with Crippen LogP contribution in [0.25, 0.3) is 32.7 Å². The molecule has 33 heavy (non-hydrogen) atoms. The van der Waals surface area contributed by atoms with E-state index in [9.17, 15) is 9.59 Å². The largest absolute Gasteiger partial charge is 0.465 e. The van der Waals surface area contributed by atoms with E-state index in [0.29, 0.717) is 21.7 Å². The number of ether oxygens (including phenoxy) is 1. The Hall–Kier alpha value is -3.48. The summed E-state index contributed by atoms with van der Waals surface area (Å²) in [6, 6.07) is 17.9. The van der Waals surface area contributed by atoms with Gasteiger partial charge in [-0.3, -0.25) is 4.79 Å². The summed E-state index contributed by atoms with van der Waals surface area (Å²) in [5, 5.41) is 2.72. The summed E-state index contributed by atoms with van der Waals surface area (Å²) in [5.74, 6) is -0.419. The van der Waals surface area contributed by atoms with Gasteiger partial charge in [-0.05, 0) is 78.3 Å². The molecule has 3 aromatic carbocycles. The summed E-state index contributed by atoms with van der Waals surface area (Å²) in [5.41, 5.74) is 3.56. The molecule has 0 amide bonds. The number of pyridine rings is 1. The number of aromatic nitrogens is 1. The van der Waals surface area contributed by atoms with Crippen molar-refractivity contribution in [2.75, 3.05) is 41.3 Å². The molecule has 0 bridgehead atoms. The number of esters is 1. The molecule has 170 valence electrons. The predicted octanol–water partition coefficient (Wildman–Crippen LogP) is 4.13. The van der Waals surface area contributed by atoms with Crippen molar-refractivity contribution >= 4 is 27.5 Å². The Morgan fingerprint density at radius 1 is 0.939 bits per heavy atom. The second-order valence-corrected chi connectivity index (χ2v) is 8.69. The molecule has 0 saturated carbocycles. The molecule has 0 saturated heterocycles. The highest BCUT2D eigenvalue weighted by molar-refractivity contribution is 6.16. The minimum atomic E-state index is -0.419. The third-order valence-corrected chi connectivity index (χ3v) is 5.92. The molecule has 0 aliphatic carbocycles. The average Bonchev–Trinajstić information content (AvgIpc) is 2.81. The van der Waals surface area contributed by atoms with Gasteiger partial charge in [-0.1, -0.05) is 30.3 Å². The fourth-order valence-corrected chi connectivity index (χ4v) is 4.18. The fraction of sp³-hybridized carbons (Fsp3) is 0.259. The Morgan fingerprint density at radius 2 is 1.73 bits per heavy atom. The number of likely N-dealkylation sites (N-methyl/N-ethyl adjacent to an activating group) is 2. The molecule has 6 heteroatoms. The van der Waals surface area contributed by atoms with Crippen LogP contribution in [0.3, 0.4) is 0 Å². The molecule has 1 heterocycles. The van der Waals surface area contributed by atoms with Gasteiger partial charge in [0.1, 0.15) is 0 Å². The molecular weight excluding hydrogens is 414 g/mol. The van der Waals surface area contributed by atoms with Gasteiger partial charge >= 0.3 is 5.97 Å². The number of methoxy groups -OCH3 is 1. The molecule has 0 fully saturated rings. The van der Waals surface area contributed by atoms with E-state index < -0.39 is 5.97 Å². The summed E-state index contributed by atoms with van der Waals surface area (Å²) < 4.78 is 4.99. The van der Waals surface area contributed by atoms with E-state index in [4.69, 9.17) is 4.74 Å². The first-order valence-corrected chi connectivity index (χ1v) is 11.0. The Morgan fingerprint density at radius 3 is 2.48 bits per heavy atom. The lowest BCUT2D eigenvalue weighted by Crippen LogP contribution is -2.28. The summed E-state index contributed by atoms with van der Waals surface area (Å²) in [7, 11) is 7.65. The Balaban J connectivity index is 1.79. The molecular formula is C27H29N3O3. The highest BCUT2D eigenvalue weighted by Gasteiger charge is 2.16. The number of aromatic amines is 1. The summed E-state index contributed by atoms with van der Waals surface area (Å²) >= 11 is 0. The minimum absolute atomic E-state index is 0.178. The predicted molar refractivity (Wildman–Crippen MR) is 134 cm³/mol. The first-order valence-electron chi connectivity index (χ1n) is 11.0. The van der Waals surface area contributed by atoms with Crippen molar-refractivity contribution in [3.8, 4) is 11.1 Å². The maximum atomic E-state index is 12.7. The zero-order valence-electron chi connectivity index (χ0n) is 19.5. The second-order valence-electron chi connectivity index (χ2n) is 8.69. The standard InChI is InChI=1S/C27H29N3O3/c1-29(2)12-13-30(3)17-18-6-5-7-19(14-18)20-8-9-22-23(15-20)25-21(10-11-28-26(25)31)16-24(22)27(32)33-4/h5-11,14-16H,12-13,17H2,1-4H3,(H,28,31). The molecule has 0 radical (unpaired) electrons. The third kappa shape index (κ3) is 4.82. The third-order valence-electron chi connectivity index (χ3n) is 5.92. The molecule has 0 atom stereocenters. The van der Waals surface area contributed by atoms with Gasteiger partial charge in [-0.15, -0.1) is 0 Å². The van der Waals surface area contributed by atoms with E-state index in [1.54, 1.807) is 18.3 Å². The molecule has 0 spiro atoms. The van der Waals surface area contributed by atoms with E-state index in [1.807, 2.05) is 18.2 Å². The van der Waals surface area contributed by atoms with Crippen molar-refractivity contribution in [2.45, 2.75) is 6.54 Å². The number of carbonyl (C=O) groups excluding carboxylic acids is 1. The maximum Gasteiger partial charge on any atom is 0.338 e. The first kappa shape index (κ1) is 22.7.